The molecule has 0 fully saturated rings. The van der Waals surface area contributed by atoms with Crippen molar-refractivity contribution >= 4 is 16.7 Å². The smallest absolute Gasteiger partial charge is 0.508 e. The van der Waals surface area contributed by atoms with Gasteiger partial charge in [-0.05, 0) is 55.5 Å². The molecule has 8 heteroatoms. The molecule has 1 N–H and O–H groups in total. The summed E-state index contributed by atoms with van der Waals surface area (Å²) in [5.74, 6) is -0.130. The molecule has 5 nitrogen and oxygen atoms in total. The number of rotatable bonds is 5. The maximum absolute atomic E-state index is 13.4. The zero-order chi connectivity index (χ0) is 23.0. The van der Waals surface area contributed by atoms with E-state index in [0.717, 1.165) is 0 Å². The van der Waals surface area contributed by atoms with Crippen molar-refractivity contribution < 1.29 is 32.5 Å². The monoisotopic (exact) mass is 441 g/mol. The Kier molecular flexibility index (Phi) is 5.30. The Labute approximate surface area is 181 Å². The number of alkyl halides is 3. The van der Waals surface area contributed by atoms with Crippen molar-refractivity contribution in [2.75, 3.05) is 7.11 Å². The van der Waals surface area contributed by atoms with Crippen LogP contribution in [0.25, 0.3) is 16.6 Å². The van der Waals surface area contributed by atoms with Gasteiger partial charge in [0.05, 0.1) is 18.2 Å². The molecule has 0 radical (unpaired) electrons. The van der Waals surface area contributed by atoms with Crippen molar-refractivity contribution in [1.82, 2.24) is 4.57 Å². The molecule has 0 aliphatic carbocycles. The van der Waals surface area contributed by atoms with Gasteiger partial charge in [-0.25, -0.2) is 0 Å². The van der Waals surface area contributed by atoms with Crippen LogP contribution in [-0.2, 0) is 0 Å². The van der Waals surface area contributed by atoms with E-state index in [4.69, 9.17) is 4.74 Å². The predicted molar refractivity (Wildman–Crippen MR) is 113 cm³/mol. The van der Waals surface area contributed by atoms with Gasteiger partial charge in [0.1, 0.15) is 17.2 Å². The summed E-state index contributed by atoms with van der Waals surface area (Å²) < 4.78 is 49.2. The zero-order valence-corrected chi connectivity index (χ0v) is 17.1. The van der Waals surface area contributed by atoms with Crippen LogP contribution in [0.4, 0.5) is 13.2 Å². The van der Waals surface area contributed by atoms with Crippen molar-refractivity contribution in [2.24, 2.45) is 0 Å². The number of hydrogen-bond acceptors (Lipinski definition) is 4. The third-order valence-corrected chi connectivity index (χ3v) is 5.08. The molecule has 0 aliphatic heterocycles. The van der Waals surface area contributed by atoms with E-state index in [2.05, 4.69) is 4.74 Å². The molecular formula is C24H18F3NO4. The van der Waals surface area contributed by atoms with Crippen LogP contribution in [0.15, 0.2) is 66.7 Å². The molecule has 4 rings (SSSR count). The van der Waals surface area contributed by atoms with E-state index in [9.17, 15) is 23.1 Å². The fraction of sp³-hybridized carbons (Fsp3) is 0.125. The number of ketones is 1. The summed E-state index contributed by atoms with van der Waals surface area (Å²) in [6, 6.07) is 16.6. The molecule has 0 atom stereocenters. The number of nitrogens with zero attached hydrogens (tertiary/aromatic N) is 1. The lowest BCUT2D eigenvalue weighted by molar-refractivity contribution is -0.274. The van der Waals surface area contributed by atoms with E-state index >= 15 is 0 Å². The van der Waals surface area contributed by atoms with E-state index in [1.807, 2.05) is 0 Å². The van der Waals surface area contributed by atoms with Gasteiger partial charge in [-0.15, -0.1) is 13.2 Å². The highest BCUT2D eigenvalue weighted by molar-refractivity contribution is 6.18. The molecule has 0 bridgehead atoms. The molecule has 164 valence electrons. The van der Waals surface area contributed by atoms with Crippen molar-refractivity contribution in [3.8, 4) is 22.9 Å². The maximum atomic E-state index is 13.4. The second kappa shape index (κ2) is 7.96. The molecule has 3 aromatic carbocycles. The second-order valence-electron chi connectivity index (χ2n) is 7.10. The fourth-order valence-electron chi connectivity index (χ4n) is 3.73. The number of hydrogen-bond donors (Lipinski definition) is 1. The minimum atomic E-state index is -4.85. The van der Waals surface area contributed by atoms with Crippen molar-refractivity contribution in [3.63, 3.8) is 0 Å². The summed E-state index contributed by atoms with van der Waals surface area (Å²) in [7, 11) is 1.52. The van der Waals surface area contributed by atoms with Crippen LogP contribution in [0.5, 0.6) is 17.2 Å². The van der Waals surface area contributed by atoms with Crippen molar-refractivity contribution in [3.05, 3.63) is 83.6 Å². The third-order valence-electron chi connectivity index (χ3n) is 5.08. The second-order valence-corrected chi connectivity index (χ2v) is 7.10. The SMILES string of the molecule is COc1ccc(C(=O)c2c(C)n(-c3cccc(O)c3)c3cc(OC(F)(F)F)ccc23)cc1. The number of fused-ring (bicyclic) bond motifs is 1. The Morgan fingerprint density at radius 1 is 0.969 bits per heavy atom. The summed E-state index contributed by atoms with van der Waals surface area (Å²) >= 11 is 0. The normalized spacial score (nSPS) is 11.5. The van der Waals surface area contributed by atoms with Gasteiger partial charge in [0.2, 0.25) is 0 Å². The van der Waals surface area contributed by atoms with Gasteiger partial charge in [-0.1, -0.05) is 6.07 Å². The Balaban J connectivity index is 1.94. The fourth-order valence-corrected chi connectivity index (χ4v) is 3.73. The number of methoxy groups -OCH3 is 1. The topological polar surface area (TPSA) is 60.7 Å². The first-order valence-electron chi connectivity index (χ1n) is 9.57. The van der Waals surface area contributed by atoms with Crippen LogP contribution in [0.1, 0.15) is 21.6 Å². The average Bonchev–Trinajstić information content (AvgIpc) is 3.03. The van der Waals surface area contributed by atoms with E-state index < -0.39 is 12.1 Å². The number of halogens is 3. The van der Waals surface area contributed by atoms with Crippen LogP contribution in [0.3, 0.4) is 0 Å². The van der Waals surface area contributed by atoms with Gasteiger partial charge in [-0.3, -0.25) is 4.79 Å². The largest absolute Gasteiger partial charge is 0.573 e. The van der Waals surface area contributed by atoms with Crippen molar-refractivity contribution in [2.45, 2.75) is 13.3 Å². The molecule has 32 heavy (non-hydrogen) atoms. The molecule has 0 saturated carbocycles. The zero-order valence-electron chi connectivity index (χ0n) is 17.1. The molecule has 1 aromatic heterocycles. The van der Waals surface area contributed by atoms with E-state index in [1.165, 1.54) is 37.4 Å². The van der Waals surface area contributed by atoms with Crippen LogP contribution >= 0.6 is 0 Å². The van der Waals surface area contributed by atoms with Gasteiger partial charge in [0, 0.05) is 34.5 Å². The molecule has 0 saturated heterocycles. The predicted octanol–water partition coefficient (Wildman–Crippen LogP) is 5.78. The number of aromatic nitrogens is 1. The lowest BCUT2D eigenvalue weighted by Crippen LogP contribution is -2.17. The summed E-state index contributed by atoms with van der Waals surface area (Å²) in [4.78, 5) is 13.4. The molecule has 1 heterocycles. The van der Waals surface area contributed by atoms with Crippen LogP contribution in [0.2, 0.25) is 0 Å². The molecule has 0 aliphatic rings. The van der Waals surface area contributed by atoms with E-state index in [1.54, 1.807) is 47.9 Å². The lowest BCUT2D eigenvalue weighted by Gasteiger charge is -2.11. The highest BCUT2D eigenvalue weighted by Crippen LogP contribution is 2.35. The summed E-state index contributed by atoms with van der Waals surface area (Å²) in [5.41, 5.74) is 2.08. The van der Waals surface area contributed by atoms with Gasteiger partial charge >= 0.3 is 6.36 Å². The van der Waals surface area contributed by atoms with Crippen LogP contribution in [-0.4, -0.2) is 28.9 Å². The van der Waals surface area contributed by atoms with Crippen molar-refractivity contribution in [1.29, 1.82) is 0 Å². The molecule has 4 aromatic rings. The Bertz CT molecular complexity index is 1310. The quantitative estimate of drug-likeness (QED) is 0.399. The first-order valence-corrected chi connectivity index (χ1v) is 9.57. The van der Waals surface area contributed by atoms with Gasteiger partial charge in [-0.2, -0.15) is 0 Å². The van der Waals surface area contributed by atoms with Gasteiger partial charge in [0.25, 0.3) is 0 Å². The third kappa shape index (κ3) is 3.99. The highest BCUT2D eigenvalue weighted by Gasteiger charge is 2.32. The molecule has 0 spiro atoms. The Hall–Kier alpha value is -3.94. The average molecular weight is 441 g/mol. The van der Waals surface area contributed by atoms with Crippen LogP contribution in [0, 0.1) is 6.92 Å². The maximum Gasteiger partial charge on any atom is 0.573 e. The van der Waals surface area contributed by atoms with E-state index in [-0.39, 0.29) is 11.5 Å². The molecule has 0 amide bonds. The number of phenolic OH excluding ortho intramolecular Hbond substituents is 1. The number of carbonyl (C=O) groups excluding carboxylic acids is 1. The minimum Gasteiger partial charge on any atom is -0.508 e. The number of ether oxygens (including phenoxy) is 2. The van der Waals surface area contributed by atoms with Gasteiger partial charge < -0.3 is 19.1 Å². The summed E-state index contributed by atoms with van der Waals surface area (Å²) in [6.45, 7) is 1.70. The minimum absolute atomic E-state index is 0.0190. The van der Waals surface area contributed by atoms with Crippen LogP contribution < -0.4 is 9.47 Å². The lowest BCUT2D eigenvalue weighted by atomic mass is 10.0. The highest BCUT2D eigenvalue weighted by atomic mass is 19.4. The Morgan fingerprint density at radius 3 is 2.28 bits per heavy atom. The number of aromatic hydroxyl groups is 1. The molecule has 0 unspecified atom stereocenters. The Morgan fingerprint density at radius 2 is 1.66 bits per heavy atom. The number of benzene rings is 3. The number of carbonyl (C=O) groups is 1. The first kappa shape index (κ1) is 21.3. The summed E-state index contributed by atoms with van der Waals surface area (Å²) in [5, 5.41) is 10.4. The van der Waals surface area contributed by atoms with Gasteiger partial charge in [0.15, 0.2) is 5.78 Å². The van der Waals surface area contributed by atoms with E-state index in [0.29, 0.717) is 39.2 Å². The molecular weight excluding hydrogens is 423 g/mol. The summed E-state index contributed by atoms with van der Waals surface area (Å²) in [6.07, 6.45) is -4.85. The first-order chi connectivity index (χ1) is 15.2. The standard InChI is InChI=1S/C24H18F3NO4/c1-14-22(23(30)15-6-8-18(31-2)9-7-15)20-11-10-19(32-24(25,26)27)13-21(20)28(14)16-4-3-5-17(29)12-16/h3-13,29H,1-2H3. The number of phenols is 1.